The number of ketones is 1. The fraction of sp³-hybridized carbons (Fsp3) is 0.846. The molecule has 0 aromatic carbocycles. The lowest BCUT2D eigenvalue weighted by atomic mass is 10.1. The molecule has 0 aromatic rings. The Bertz CT molecular complexity index is 292. The summed E-state index contributed by atoms with van der Waals surface area (Å²) in [6.45, 7) is 3.72. The Balaban J connectivity index is 2.05. The number of Topliss-reactive ketones (excluding diaryl/α,β-unsaturated/α-hetero) is 1. The third kappa shape index (κ3) is 5.82. The van der Waals surface area contributed by atoms with Crippen LogP contribution >= 0.6 is 0 Å². The van der Waals surface area contributed by atoms with Gasteiger partial charge in [0, 0.05) is 6.42 Å². The highest BCUT2D eigenvalue weighted by Gasteiger charge is 2.21. The summed E-state index contributed by atoms with van der Waals surface area (Å²) in [5.41, 5.74) is 0. The maximum absolute atomic E-state index is 11.8. The van der Waals surface area contributed by atoms with Crippen molar-refractivity contribution in [2.75, 3.05) is 34.2 Å². The number of rotatable bonds is 7. The molecule has 1 atom stereocenters. The van der Waals surface area contributed by atoms with Crippen LogP contribution in [0.4, 0.5) is 0 Å². The molecule has 0 aliphatic carbocycles. The second-order valence-corrected chi connectivity index (χ2v) is 5.91. The van der Waals surface area contributed by atoms with E-state index in [4.69, 9.17) is 0 Å². The van der Waals surface area contributed by atoms with Crippen LogP contribution in [-0.2, 0) is 4.79 Å². The first-order valence-corrected chi connectivity index (χ1v) is 6.49. The van der Waals surface area contributed by atoms with Gasteiger partial charge in [0.1, 0.15) is 6.04 Å². The molecule has 0 saturated heterocycles. The van der Waals surface area contributed by atoms with Crippen LogP contribution in [0.5, 0.6) is 0 Å². The molecule has 1 aliphatic rings. The van der Waals surface area contributed by atoms with Gasteiger partial charge < -0.3 is 9.80 Å². The number of unbranched alkanes of at least 4 members (excludes halogenated alkanes) is 2. The van der Waals surface area contributed by atoms with E-state index in [1.54, 1.807) is 0 Å². The number of aliphatic imine (C=N–C) groups is 1. The maximum atomic E-state index is 11.8. The largest absolute Gasteiger partial charge is 0.363 e. The zero-order chi connectivity index (χ0) is 12.9. The number of nitrogens with one attached hydrogen (secondary N) is 1. The van der Waals surface area contributed by atoms with Crippen molar-refractivity contribution in [2.45, 2.75) is 38.6 Å². The minimum atomic E-state index is -0.0478. The van der Waals surface area contributed by atoms with Gasteiger partial charge >= 0.3 is 0 Å². The molecule has 0 spiro atoms. The van der Waals surface area contributed by atoms with Crippen molar-refractivity contribution in [3.63, 3.8) is 0 Å². The predicted molar refractivity (Wildman–Crippen MR) is 71.3 cm³/mol. The summed E-state index contributed by atoms with van der Waals surface area (Å²) >= 11 is 0. The molecule has 17 heavy (non-hydrogen) atoms. The highest BCUT2D eigenvalue weighted by atomic mass is 16.1. The molecule has 0 saturated carbocycles. The molecule has 0 amide bonds. The first-order chi connectivity index (χ1) is 7.88. The molecule has 0 aromatic heterocycles. The van der Waals surface area contributed by atoms with Gasteiger partial charge in [-0.3, -0.25) is 9.79 Å². The zero-order valence-electron chi connectivity index (χ0n) is 11.6. The molecule has 1 rings (SSSR count). The smallest absolute Gasteiger partial charge is 0.156 e. The van der Waals surface area contributed by atoms with E-state index in [1.807, 2.05) is 6.92 Å². The van der Waals surface area contributed by atoms with Crippen LogP contribution in [0, 0.1) is 0 Å². The third-order valence-corrected chi connectivity index (χ3v) is 3.03. The van der Waals surface area contributed by atoms with Gasteiger partial charge in [0.05, 0.1) is 40.1 Å². The van der Waals surface area contributed by atoms with Crippen LogP contribution in [0.2, 0.25) is 0 Å². The van der Waals surface area contributed by atoms with E-state index in [9.17, 15) is 4.79 Å². The first-order valence-electron chi connectivity index (χ1n) is 6.49. The summed E-state index contributed by atoms with van der Waals surface area (Å²) in [7, 11) is 6.61. The van der Waals surface area contributed by atoms with E-state index in [2.05, 4.69) is 31.5 Å². The SMILES string of the molecule is CC1=NCC(C(=O)CCCCC[N+](C)(C)C)N1. The molecule has 0 fully saturated rings. The van der Waals surface area contributed by atoms with E-state index in [0.717, 1.165) is 23.2 Å². The number of quaternary nitrogens is 1. The molecular weight excluding hydrogens is 214 g/mol. The van der Waals surface area contributed by atoms with Crippen molar-refractivity contribution in [3.05, 3.63) is 0 Å². The summed E-state index contributed by atoms with van der Waals surface area (Å²) in [5, 5.41) is 3.12. The molecule has 1 heterocycles. The van der Waals surface area contributed by atoms with Crippen LogP contribution in [0.25, 0.3) is 0 Å². The molecular formula is C13H26N3O+. The number of carbonyl (C=O) groups excluding carboxylic acids is 1. The first kappa shape index (κ1) is 14.2. The van der Waals surface area contributed by atoms with Crippen molar-refractivity contribution in [1.82, 2.24) is 5.32 Å². The second kappa shape index (κ2) is 6.15. The van der Waals surface area contributed by atoms with E-state index < -0.39 is 0 Å². The number of hydrogen-bond acceptors (Lipinski definition) is 3. The fourth-order valence-corrected chi connectivity index (χ4v) is 1.99. The lowest BCUT2D eigenvalue weighted by Gasteiger charge is -2.23. The number of amidine groups is 1. The summed E-state index contributed by atoms with van der Waals surface area (Å²) < 4.78 is 1.01. The average Bonchev–Trinajstić information content (AvgIpc) is 2.62. The number of hydrogen-bond donors (Lipinski definition) is 1. The van der Waals surface area contributed by atoms with Crippen molar-refractivity contribution >= 4 is 11.6 Å². The van der Waals surface area contributed by atoms with E-state index in [0.29, 0.717) is 18.7 Å². The fourth-order valence-electron chi connectivity index (χ4n) is 1.99. The van der Waals surface area contributed by atoms with Gasteiger partial charge in [-0.15, -0.1) is 0 Å². The van der Waals surface area contributed by atoms with Crippen LogP contribution in [0.1, 0.15) is 32.6 Å². The molecule has 0 radical (unpaired) electrons. The van der Waals surface area contributed by atoms with Crippen LogP contribution in [0.15, 0.2) is 4.99 Å². The molecule has 0 bridgehead atoms. The van der Waals surface area contributed by atoms with Crippen molar-refractivity contribution in [1.29, 1.82) is 0 Å². The highest BCUT2D eigenvalue weighted by molar-refractivity contribution is 5.92. The summed E-state index contributed by atoms with van der Waals surface area (Å²) in [4.78, 5) is 16.0. The lowest BCUT2D eigenvalue weighted by Crippen LogP contribution is -2.36. The van der Waals surface area contributed by atoms with Gasteiger partial charge in [0.25, 0.3) is 0 Å². The normalized spacial score (nSPS) is 20.0. The van der Waals surface area contributed by atoms with E-state index in [1.165, 1.54) is 13.0 Å². The maximum Gasteiger partial charge on any atom is 0.156 e. The Morgan fingerprint density at radius 2 is 2.06 bits per heavy atom. The van der Waals surface area contributed by atoms with E-state index in [-0.39, 0.29) is 6.04 Å². The van der Waals surface area contributed by atoms with Gasteiger partial charge in [-0.2, -0.15) is 0 Å². The lowest BCUT2D eigenvalue weighted by molar-refractivity contribution is -0.870. The summed E-state index contributed by atoms with van der Waals surface area (Å²) in [6.07, 6.45) is 4.05. The van der Waals surface area contributed by atoms with Crippen LogP contribution in [-0.4, -0.2) is 56.4 Å². The number of carbonyl (C=O) groups is 1. The number of nitrogens with zero attached hydrogens (tertiary/aromatic N) is 2. The molecule has 1 unspecified atom stereocenters. The van der Waals surface area contributed by atoms with Crippen molar-refractivity contribution in [2.24, 2.45) is 4.99 Å². The molecule has 1 aliphatic heterocycles. The Labute approximate surface area is 105 Å². The standard InChI is InChI=1S/C13H26N3O/c1-11-14-10-12(15-11)13(17)8-6-5-7-9-16(2,3)4/h12H,5-10H2,1-4H3,(H,14,15)/q+1. The summed E-state index contributed by atoms with van der Waals surface area (Å²) in [5.74, 6) is 1.21. The Morgan fingerprint density at radius 1 is 1.35 bits per heavy atom. The van der Waals surface area contributed by atoms with Gasteiger partial charge in [0.15, 0.2) is 5.78 Å². The van der Waals surface area contributed by atoms with Crippen LogP contribution < -0.4 is 5.32 Å². The highest BCUT2D eigenvalue weighted by Crippen LogP contribution is 2.07. The Hall–Kier alpha value is -0.900. The van der Waals surface area contributed by atoms with E-state index >= 15 is 0 Å². The van der Waals surface area contributed by atoms with Crippen LogP contribution in [0.3, 0.4) is 0 Å². The quantitative estimate of drug-likeness (QED) is 0.537. The second-order valence-electron chi connectivity index (χ2n) is 5.91. The molecule has 98 valence electrons. The van der Waals surface area contributed by atoms with Gasteiger partial charge in [-0.1, -0.05) is 0 Å². The molecule has 1 N–H and O–H groups in total. The monoisotopic (exact) mass is 240 g/mol. The summed E-state index contributed by atoms with van der Waals surface area (Å²) in [6, 6.07) is -0.0478. The predicted octanol–water partition coefficient (Wildman–Crippen LogP) is 1.21. The van der Waals surface area contributed by atoms with Gasteiger partial charge in [-0.25, -0.2) is 0 Å². The molecule has 4 nitrogen and oxygen atoms in total. The third-order valence-electron chi connectivity index (χ3n) is 3.03. The van der Waals surface area contributed by atoms with Crippen molar-refractivity contribution < 1.29 is 9.28 Å². The van der Waals surface area contributed by atoms with Gasteiger partial charge in [0.2, 0.25) is 0 Å². The minimum Gasteiger partial charge on any atom is -0.363 e. The molecule has 4 heteroatoms. The average molecular weight is 240 g/mol. The topological polar surface area (TPSA) is 41.5 Å². The van der Waals surface area contributed by atoms with Gasteiger partial charge in [-0.05, 0) is 26.2 Å². The Kier molecular flexibility index (Phi) is 5.12. The zero-order valence-corrected chi connectivity index (χ0v) is 11.6. The Morgan fingerprint density at radius 3 is 2.59 bits per heavy atom. The minimum absolute atomic E-state index is 0.0478. The van der Waals surface area contributed by atoms with Crippen molar-refractivity contribution in [3.8, 4) is 0 Å².